The van der Waals surface area contributed by atoms with E-state index >= 15 is 0 Å². The molecule has 94 valence electrons. The monoisotopic (exact) mass is 226 g/mol. The van der Waals surface area contributed by atoms with Gasteiger partial charge in [-0.2, -0.15) is 0 Å². The molecule has 0 unspecified atom stereocenters. The van der Waals surface area contributed by atoms with Gasteiger partial charge in [0.1, 0.15) is 0 Å². The molecule has 16 heavy (non-hydrogen) atoms. The predicted molar refractivity (Wildman–Crippen MR) is 69.7 cm³/mol. The number of hydrogen-bond donors (Lipinski definition) is 2. The summed E-state index contributed by atoms with van der Waals surface area (Å²) < 4.78 is 0. The zero-order valence-corrected chi connectivity index (χ0v) is 10.5. The van der Waals surface area contributed by atoms with Gasteiger partial charge in [-0.15, -0.1) is 0 Å². The van der Waals surface area contributed by atoms with Crippen molar-refractivity contribution in [2.75, 3.05) is 32.7 Å². The largest absolute Gasteiger partial charge is 0.370 e. The normalized spacial score (nSPS) is 17.9. The highest BCUT2D eigenvalue weighted by Crippen LogP contribution is 2.07. The molecule has 1 fully saturated rings. The average molecular weight is 226 g/mol. The van der Waals surface area contributed by atoms with E-state index in [-0.39, 0.29) is 0 Å². The lowest BCUT2D eigenvalue weighted by Gasteiger charge is -2.13. The SMILES string of the molecule is CCCCNC(N)=NCCCN1CCCC1. The molecule has 4 heteroatoms. The first-order valence-corrected chi connectivity index (χ1v) is 6.59. The predicted octanol–water partition coefficient (Wildman–Crippen LogP) is 1.18. The molecule has 0 aromatic heterocycles. The summed E-state index contributed by atoms with van der Waals surface area (Å²) in [6, 6.07) is 0. The highest BCUT2D eigenvalue weighted by atomic mass is 15.1. The van der Waals surface area contributed by atoms with Gasteiger partial charge in [-0.1, -0.05) is 13.3 Å². The summed E-state index contributed by atoms with van der Waals surface area (Å²) in [4.78, 5) is 6.82. The van der Waals surface area contributed by atoms with Gasteiger partial charge in [-0.05, 0) is 45.3 Å². The standard InChI is InChI=1S/C12H26N4/c1-2-3-7-14-12(13)15-8-6-11-16-9-4-5-10-16/h2-11H2,1H3,(H3,13,14,15). The molecular weight excluding hydrogens is 200 g/mol. The van der Waals surface area contributed by atoms with Crippen LogP contribution in [0.4, 0.5) is 0 Å². The maximum atomic E-state index is 5.73. The Bertz CT molecular complexity index is 197. The van der Waals surface area contributed by atoms with Gasteiger partial charge in [0.05, 0.1) is 0 Å². The number of unbranched alkanes of at least 4 members (excludes halogenated alkanes) is 1. The summed E-state index contributed by atoms with van der Waals surface area (Å²) in [6.45, 7) is 7.68. The molecule has 4 nitrogen and oxygen atoms in total. The van der Waals surface area contributed by atoms with E-state index < -0.39 is 0 Å². The van der Waals surface area contributed by atoms with Crippen LogP contribution in [0.3, 0.4) is 0 Å². The van der Waals surface area contributed by atoms with Crippen molar-refractivity contribution < 1.29 is 0 Å². The van der Waals surface area contributed by atoms with Crippen LogP contribution in [0.15, 0.2) is 4.99 Å². The second-order valence-corrected chi connectivity index (χ2v) is 4.45. The summed E-state index contributed by atoms with van der Waals surface area (Å²) in [5, 5.41) is 3.13. The highest BCUT2D eigenvalue weighted by Gasteiger charge is 2.09. The van der Waals surface area contributed by atoms with Gasteiger partial charge in [-0.3, -0.25) is 4.99 Å². The van der Waals surface area contributed by atoms with Crippen molar-refractivity contribution in [3.63, 3.8) is 0 Å². The quantitative estimate of drug-likeness (QED) is 0.389. The number of guanidine groups is 1. The van der Waals surface area contributed by atoms with Crippen molar-refractivity contribution in [2.24, 2.45) is 10.7 Å². The molecule has 1 aliphatic rings. The van der Waals surface area contributed by atoms with E-state index in [2.05, 4.69) is 22.1 Å². The topological polar surface area (TPSA) is 53.6 Å². The van der Waals surface area contributed by atoms with Crippen LogP contribution in [0.2, 0.25) is 0 Å². The number of rotatable bonds is 7. The second-order valence-electron chi connectivity index (χ2n) is 4.45. The van der Waals surface area contributed by atoms with E-state index in [0.717, 1.165) is 25.9 Å². The Kier molecular flexibility index (Phi) is 6.97. The van der Waals surface area contributed by atoms with E-state index in [0.29, 0.717) is 5.96 Å². The van der Waals surface area contributed by atoms with Crippen LogP contribution in [0.5, 0.6) is 0 Å². The maximum absolute atomic E-state index is 5.73. The van der Waals surface area contributed by atoms with Crippen molar-refractivity contribution in [3.8, 4) is 0 Å². The van der Waals surface area contributed by atoms with Crippen LogP contribution >= 0.6 is 0 Å². The number of nitrogens with one attached hydrogen (secondary N) is 1. The molecule has 0 atom stereocenters. The van der Waals surface area contributed by atoms with Gasteiger partial charge in [-0.25, -0.2) is 0 Å². The molecule has 1 aliphatic heterocycles. The van der Waals surface area contributed by atoms with Crippen LogP contribution in [0.25, 0.3) is 0 Å². The van der Waals surface area contributed by atoms with Crippen molar-refractivity contribution in [1.29, 1.82) is 0 Å². The first kappa shape index (κ1) is 13.3. The number of nitrogens with zero attached hydrogens (tertiary/aromatic N) is 2. The minimum absolute atomic E-state index is 0.606. The molecule has 0 aromatic carbocycles. The van der Waals surface area contributed by atoms with E-state index in [1.165, 1.54) is 38.9 Å². The molecule has 0 radical (unpaired) electrons. The van der Waals surface area contributed by atoms with Crippen molar-refractivity contribution in [1.82, 2.24) is 10.2 Å². The number of aliphatic imine (C=N–C) groups is 1. The van der Waals surface area contributed by atoms with Crippen LogP contribution in [0.1, 0.15) is 39.0 Å². The molecule has 0 bridgehead atoms. The zero-order valence-electron chi connectivity index (χ0n) is 10.5. The molecule has 1 heterocycles. The van der Waals surface area contributed by atoms with Gasteiger partial charge in [0.25, 0.3) is 0 Å². The fourth-order valence-electron chi connectivity index (χ4n) is 1.95. The Labute approximate surface area is 99.3 Å². The minimum Gasteiger partial charge on any atom is -0.370 e. The second kappa shape index (κ2) is 8.39. The molecule has 1 rings (SSSR count). The molecule has 1 saturated heterocycles. The number of likely N-dealkylation sites (tertiary alicyclic amines) is 1. The van der Waals surface area contributed by atoms with Crippen LogP contribution in [0, 0.1) is 0 Å². The zero-order chi connectivity index (χ0) is 11.6. The third-order valence-corrected chi connectivity index (χ3v) is 2.95. The molecule has 0 amide bonds. The highest BCUT2D eigenvalue weighted by molar-refractivity contribution is 5.77. The lowest BCUT2D eigenvalue weighted by molar-refractivity contribution is 0.336. The summed E-state index contributed by atoms with van der Waals surface area (Å²) in [5.74, 6) is 0.606. The molecule has 0 saturated carbocycles. The Hall–Kier alpha value is -0.770. The maximum Gasteiger partial charge on any atom is 0.188 e. The first-order chi connectivity index (χ1) is 7.83. The smallest absolute Gasteiger partial charge is 0.188 e. The fraction of sp³-hybridized carbons (Fsp3) is 0.917. The third kappa shape index (κ3) is 5.95. The minimum atomic E-state index is 0.606. The lowest BCUT2D eigenvalue weighted by atomic mass is 10.3. The fourth-order valence-corrected chi connectivity index (χ4v) is 1.95. The number of hydrogen-bond acceptors (Lipinski definition) is 2. The van der Waals surface area contributed by atoms with E-state index in [4.69, 9.17) is 5.73 Å². The molecule has 0 aliphatic carbocycles. The molecular formula is C12H26N4. The Morgan fingerprint density at radius 2 is 2.06 bits per heavy atom. The Morgan fingerprint density at radius 1 is 1.31 bits per heavy atom. The van der Waals surface area contributed by atoms with E-state index in [1.54, 1.807) is 0 Å². The van der Waals surface area contributed by atoms with Gasteiger partial charge in [0.2, 0.25) is 0 Å². The summed E-state index contributed by atoms with van der Waals surface area (Å²) in [5.41, 5.74) is 5.73. The molecule has 3 N–H and O–H groups in total. The van der Waals surface area contributed by atoms with Crippen molar-refractivity contribution in [2.45, 2.75) is 39.0 Å². The van der Waals surface area contributed by atoms with Gasteiger partial charge in [0, 0.05) is 13.1 Å². The number of nitrogens with two attached hydrogens (primary N) is 1. The Morgan fingerprint density at radius 3 is 2.75 bits per heavy atom. The summed E-state index contributed by atoms with van der Waals surface area (Å²) >= 11 is 0. The van der Waals surface area contributed by atoms with Crippen LogP contribution < -0.4 is 11.1 Å². The average Bonchev–Trinajstić information content (AvgIpc) is 2.78. The van der Waals surface area contributed by atoms with Crippen LogP contribution in [-0.4, -0.2) is 43.6 Å². The van der Waals surface area contributed by atoms with Crippen molar-refractivity contribution in [3.05, 3.63) is 0 Å². The van der Waals surface area contributed by atoms with Gasteiger partial charge >= 0.3 is 0 Å². The van der Waals surface area contributed by atoms with Crippen LogP contribution in [-0.2, 0) is 0 Å². The third-order valence-electron chi connectivity index (χ3n) is 2.95. The molecule has 0 spiro atoms. The first-order valence-electron chi connectivity index (χ1n) is 6.59. The van der Waals surface area contributed by atoms with E-state index in [1.807, 2.05) is 0 Å². The lowest BCUT2D eigenvalue weighted by Crippen LogP contribution is -2.32. The van der Waals surface area contributed by atoms with Gasteiger partial charge < -0.3 is 16.0 Å². The van der Waals surface area contributed by atoms with E-state index in [9.17, 15) is 0 Å². The molecule has 0 aromatic rings. The summed E-state index contributed by atoms with van der Waals surface area (Å²) in [7, 11) is 0. The van der Waals surface area contributed by atoms with Gasteiger partial charge in [0.15, 0.2) is 5.96 Å². The Balaban J connectivity index is 1.97. The summed E-state index contributed by atoms with van der Waals surface area (Å²) in [6.07, 6.45) is 6.20. The van der Waals surface area contributed by atoms with Crippen molar-refractivity contribution >= 4 is 5.96 Å².